The van der Waals surface area contributed by atoms with E-state index < -0.39 is 4.92 Å². The SMILES string of the molecule is CCOC1CC(N)C1Nc1ccc([N+](=O)[O-])c2nonc12. The number of nitro groups is 1. The van der Waals surface area contributed by atoms with Gasteiger partial charge in [0, 0.05) is 18.7 Å². The summed E-state index contributed by atoms with van der Waals surface area (Å²) < 4.78 is 10.2. The highest BCUT2D eigenvalue weighted by Crippen LogP contribution is 2.32. The standard InChI is InChI=1S/C12H15N5O4/c1-2-20-9-5-6(13)10(9)14-7-3-4-8(17(18)19)12-11(7)15-21-16-12/h3-4,6,9-10,14H,2,5,13H2,1H3. The Bertz CT molecular complexity index is 671. The first kappa shape index (κ1) is 13.7. The molecule has 0 radical (unpaired) electrons. The first-order chi connectivity index (χ1) is 10.1. The van der Waals surface area contributed by atoms with E-state index in [1.54, 1.807) is 6.07 Å². The van der Waals surface area contributed by atoms with Crippen LogP contribution in [0.1, 0.15) is 13.3 Å². The minimum Gasteiger partial charge on any atom is -0.376 e. The van der Waals surface area contributed by atoms with E-state index in [-0.39, 0.29) is 29.4 Å². The molecule has 3 unspecified atom stereocenters. The molecule has 9 nitrogen and oxygen atoms in total. The molecule has 1 aliphatic rings. The van der Waals surface area contributed by atoms with Crippen LogP contribution in [-0.2, 0) is 4.74 Å². The van der Waals surface area contributed by atoms with Gasteiger partial charge in [0.25, 0.3) is 0 Å². The van der Waals surface area contributed by atoms with Gasteiger partial charge in [0.05, 0.1) is 22.8 Å². The van der Waals surface area contributed by atoms with Crippen molar-refractivity contribution < 1.29 is 14.3 Å². The number of hydrogen-bond donors (Lipinski definition) is 2. The van der Waals surface area contributed by atoms with Crippen LogP contribution in [-0.4, -0.2) is 40.0 Å². The highest BCUT2D eigenvalue weighted by Gasteiger charge is 2.40. The van der Waals surface area contributed by atoms with Gasteiger partial charge in [-0.25, -0.2) is 4.63 Å². The number of aromatic nitrogens is 2. The van der Waals surface area contributed by atoms with Crippen molar-refractivity contribution in [1.29, 1.82) is 0 Å². The van der Waals surface area contributed by atoms with Crippen molar-refractivity contribution in [2.45, 2.75) is 31.5 Å². The van der Waals surface area contributed by atoms with Gasteiger partial charge in [-0.2, -0.15) is 0 Å². The number of hydrogen-bond acceptors (Lipinski definition) is 8. The van der Waals surface area contributed by atoms with Crippen LogP contribution in [0.25, 0.3) is 11.0 Å². The molecule has 0 saturated heterocycles. The molecule has 0 amide bonds. The van der Waals surface area contributed by atoms with Crippen LogP contribution in [0, 0.1) is 10.1 Å². The van der Waals surface area contributed by atoms with Crippen LogP contribution in [0.2, 0.25) is 0 Å². The summed E-state index contributed by atoms with van der Waals surface area (Å²) in [5.74, 6) is 0. The molecule has 3 N–H and O–H groups in total. The smallest absolute Gasteiger partial charge is 0.300 e. The van der Waals surface area contributed by atoms with Gasteiger partial charge in [0.2, 0.25) is 5.52 Å². The fourth-order valence-electron chi connectivity index (χ4n) is 2.52. The summed E-state index contributed by atoms with van der Waals surface area (Å²) in [5.41, 5.74) is 6.87. The summed E-state index contributed by atoms with van der Waals surface area (Å²) in [7, 11) is 0. The predicted molar refractivity (Wildman–Crippen MR) is 73.9 cm³/mol. The third-order valence-corrected chi connectivity index (χ3v) is 3.66. The number of nitrogens with zero attached hydrogens (tertiary/aromatic N) is 3. The lowest BCUT2D eigenvalue weighted by molar-refractivity contribution is -0.383. The minimum atomic E-state index is -0.519. The monoisotopic (exact) mass is 293 g/mol. The number of nitrogens with two attached hydrogens (primary N) is 1. The molecule has 0 bridgehead atoms. The summed E-state index contributed by atoms with van der Waals surface area (Å²) >= 11 is 0. The topological polar surface area (TPSA) is 129 Å². The number of ether oxygens (including phenoxy) is 1. The summed E-state index contributed by atoms with van der Waals surface area (Å²) in [5, 5.41) is 21.5. The van der Waals surface area contributed by atoms with E-state index in [0.29, 0.717) is 17.8 Å². The summed E-state index contributed by atoms with van der Waals surface area (Å²) in [6.45, 7) is 2.53. The van der Waals surface area contributed by atoms with E-state index in [1.807, 2.05) is 6.92 Å². The molecule has 3 atom stereocenters. The van der Waals surface area contributed by atoms with E-state index in [2.05, 4.69) is 20.3 Å². The van der Waals surface area contributed by atoms with Crippen LogP contribution in [0.4, 0.5) is 11.4 Å². The Balaban J connectivity index is 1.90. The predicted octanol–water partition coefficient (Wildman–Crippen LogP) is 1.05. The molecule has 9 heteroatoms. The van der Waals surface area contributed by atoms with E-state index in [4.69, 9.17) is 10.5 Å². The quantitative estimate of drug-likeness (QED) is 0.618. The lowest BCUT2D eigenvalue weighted by atomic mass is 9.83. The largest absolute Gasteiger partial charge is 0.376 e. The third-order valence-electron chi connectivity index (χ3n) is 3.66. The summed E-state index contributed by atoms with van der Waals surface area (Å²) in [4.78, 5) is 10.4. The molecule has 112 valence electrons. The molecule has 1 heterocycles. The van der Waals surface area contributed by atoms with Gasteiger partial charge in [-0.1, -0.05) is 0 Å². The van der Waals surface area contributed by atoms with Crippen LogP contribution >= 0.6 is 0 Å². The minimum absolute atomic E-state index is 0.0232. The fraction of sp³-hybridized carbons (Fsp3) is 0.500. The number of anilines is 1. The van der Waals surface area contributed by atoms with Crippen molar-refractivity contribution in [3.8, 4) is 0 Å². The third kappa shape index (κ3) is 2.30. The zero-order valence-corrected chi connectivity index (χ0v) is 11.4. The van der Waals surface area contributed by atoms with Gasteiger partial charge < -0.3 is 15.8 Å². The Morgan fingerprint density at radius 2 is 2.29 bits per heavy atom. The summed E-state index contributed by atoms with van der Waals surface area (Å²) in [6.07, 6.45) is 0.800. The first-order valence-electron chi connectivity index (χ1n) is 6.65. The number of fused-ring (bicyclic) bond motifs is 1. The van der Waals surface area contributed by atoms with Crippen LogP contribution in [0.5, 0.6) is 0 Å². The van der Waals surface area contributed by atoms with Crippen molar-refractivity contribution in [3.63, 3.8) is 0 Å². The highest BCUT2D eigenvalue weighted by atomic mass is 16.6. The second kappa shape index (κ2) is 5.26. The second-order valence-corrected chi connectivity index (χ2v) is 4.91. The van der Waals surface area contributed by atoms with Crippen molar-refractivity contribution >= 4 is 22.4 Å². The van der Waals surface area contributed by atoms with Crippen molar-refractivity contribution in [2.24, 2.45) is 5.73 Å². The molecule has 3 rings (SSSR count). The van der Waals surface area contributed by atoms with Gasteiger partial charge in [-0.3, -0.25) is 10.1 Å². The maximum atomic E-state index is 10.9. The molecule has 1 aromatic carbocycles. The molecule has 0 spiro atoms. The Labute approximate surface area is 119 Å². The van der Waals surface area contributed by atoms with Crippen LogP contribution < -0.4 is 11.1 Å². The van der Waals surface area contributed by atoms with E-state index in [1.165, 1.54) is 6.07 Å². The molecule has 1 saturated carbocycles. The van der Waals surface area contributed by atoms with Crippen LogP contribution in [0.3, 0.4) is 0 Å². The van der Waals surface area contributed by atoms with Crippen molar-refractivity contribution in [3.05, 3.63) is 22.2 Å². The normalized spacial score (nSPS) is 24.8. The molecular weight excluding hydrogens is 278 g/mol. The van der Waals surface area contributed by atoms with Gasteiger partial charge in [-0.15, -0.1) is 0 Å². The van der Waals surface area contributed by atoms with E-state index in [9.17, 15) is 10.1 Å². The van der Waals surface area contributed by atoms with E-state index in [0.717, 1.165) is 6.42 Å². The average molecular weight is 293 g/mol. The number of nitro benzene ring substituents is 1. The molecule has 0 aliphatic heterocycles. The maximum absolute atomic E-state index is 10.9. The Morgan fingerprint density at radius 3 is 2.95 bits per heavy atom. The molecule has 1 aromatic heterocycles. The number of benzene rings is 1. The van der Waals surface area contributed by atoms with Crippen LogP contribution in [0.15, 0.2) is 16.8 Å². The van der Waals surface area contributed by atoms with Gasteiger partial charge in [0.1, 0.15) is 0 Å². The zero-order chi connectivity index (χ0) is 15.0. The maximum Gasteiger partial charge on any atom is 0.300 e. The molecule has 1 fully saturated rings. The van der Waals surface area contributed by atoms with Gasteiger partial charge >= 0.3 is 5.69 Å². The van der Waals surface area contributed by atoms with Gasteiger partial charge in [0.15, 0.2) is 5.52 Å². The lowest BCUT2D eigenvalue weighted by Gasteiger charge is -2.42. The second-order valence-electron chi connectivity index (χ2n) is 4.91. The van der Waals surface area contributed by atoms with Crippen molar-refractivity contribution in [2.75, 3.05) is 11.9 Å². The van der Waals surface area contributed by atoms with E-state index >= 15 is 0 Å². The number of non-ortho nitro benzene ring substituents is 1. The molecule has 21 heavy (non-hydrogen) atoms. The average Bonchev–Trinajstić information content (AvgIpc) is 2.93. The molecule has 2 aromatic rings. The zero-order valence-electron chi connectivity index (χ0n) is 11.4. The number of nitrogens with one attached hydrogen (secondary N) is 1. The Hall–Kier alpha value is -2.26. The fourth-order valence-corrected chi connectivity index (χ4v) is 2.52. The van der Waals surface area contributed by atoms with Gasteiger partial charge in [-0.05, 0) is 29.7 Å². The van der Waals surface area contributed by atoms with Crippen molar-refractivity contribution in [1.82, 2.24) is 10.3 Å². The highest BCUT2D eigenvalue weighted by molar-refractivity contribution is 5.93. The molecule has 1 aliphatic carbocycles. The summed E-state index contributed by atoms with van der Waals surface area (Å²) in [6, 6.07) is 2.85. The number of rotatable bonds is 5. The molecular formula is C12H15N5O4. The lowest BCUT2D eigenvalue weighted by Crippen LogP contribution is -2.60. The Kier molecular flexibility index (Phi) is 3.43. The Morgan fingerprint density at radius 1 is 1.52 bits per heavy atom. The first-order valence-corrected chi connectivity index (χ1v) is 6.65.